The average Bonchev–Trinajstić information content (AvgIpc) is 3.33. The van der Waals surface area contributed by atoms with Crippen molar-refractivity contribution in [1.82, 2.24) is 14.7 Å². The summed E-state index contributed by atoms with van der Waals surface area (Å²) in [5, 5.41) is 17.6. The molecule has 0 radical (unpaired) electrons. The van der Waals surface area contributed by atoms with Crippen LogP contribution in [0.5, 0.6) is 0 Å². The van der Waals surface area contributed by atoms with Gasteiger partial charge in [-0.1, -0.05) is 12.1 Å². The standard InChI is InChI=1S/C26H37BN4O4/c1-17-19(27-34-25(2,3)26(4,5)35-27)8-6-9-20(17)28-24(33)21-16-23-22(10-7-13-31(23)29-21)30-14-11-18(32)12-15-30/h6,8-9,16,18,22,32H,7,10-15H2,1-5H3,(H,28,33). The van der Waals surface area contributed by atoms with Crippen LogP contribution in [0.1, 0.15) is 81.2 Å². The van der Waals surface area contributed by atoms with Crippen molar-refractivity contribution in [1.29, 1.82) is 0 Å². The lowest BCUT2D eigenvalue weighted by Gasteiger charge is -2.38. The fraction of sp³-hybridized carbons (Fsp3) is 0.615. The number of carbonyl (C=O) groups excluding carboxylic acids is 1. The van der Waals surface area contributed by atoms with Crippen molar-refractivity contribution in [3.8, 4) is 0 Å². The summed E-state index contributed by atoms with van der Waals surface area (Å²) in [5.41, 5.74) is 3.24. The summed E-state index contributed by atoms with van der Waals surface area (Å²) >= 11 is 0. The smallest absolute Gasteiger partial charge is 0.399 e. The number of anilines is 1. The van der Waals surface area contributed by atoms with Crippen molar-refractivity contribution in [3.63, 3.8) is 0 Å². The first-order valence-electron chi connectivity index (χ1n) is 12.8. The van der Waals surface area contributed by atoms with Gasteiger partial charge in [0.25, 0.3) is 5.91 Å². The SMILES string of the molecule is Cc1c(NC(=O)c2cc3n(n2)CCCC3N2CCC(O)CC2)cccc1B1OC(C)(C)C(C)(C)O1. The molecule has 5 rings (SSSR count). The number of rotatable bonds is 4. The second-order valence-electron chi connectivity index (χ2n) is 11.2. The fourth-order valence-corrected chi connectivity index (χ4v) is 5.34. The number of nitrogens with one attached hydrogen (secondary N) is 1. The maximum Gasteiger partial charge on any atom is 0.495 e. The molecule has 0 saturated carbocycles. The Morgan fingerprint density at radius 1 is 1.11 bits per heavy atom. The number of aliphatic hydroxyl groups is 1. The number of benzene rings is 1. The normalized spacial score (nSPS) is 24.4. The van der Waals surface area contributed by atoms with Crippen molar-refractivity contribution in [2.24, 2.45) is 0 Å². The van der Waals surface area contributed by atoms with Gasteiger partial charge in [0.2, 0.25) is 0 Å². The number of hydrogen-bond donors (Lipinski definition) is 2. The van der Waals surface area contributed by atoms with Gasteiger partial charge in [-0.05, 0) is 83.5 Å². The zero-order chi connectivity index (χ0) is 25.0. The molecule has 2 N–H and O–H groups in total. The Balaban J connectivity index is 1.34. The Morgan fingerprint density at radius 2 is 1.80 bits per heavy atom. The van der Waals surface area contributed by atoms with Crippen molar-refractivity contribution >= 4 is 24.2 Å². The van der Waals surface area contributed by atoms with Gasteiger partial charge in [-0.2, -0.15) is 5.10 Å². The van der Waals surface area contributed by atoms with Crippen LogP contribution in [-0.4, -0.2) is 63.2 Å². The Bertz CT molecular complexity index is 1090. The molecule has 3 aliphatic heterocycles. The van der Waals surface area contributed by atoms with Gasteiger partial charge < -0.3 is 19.7 Å². The number of carbonyl (C=O) groups is 1. The highest BCUT2D eigenvalue weighted by atomic mass is 16.7. The summed E-state index contributed by atoms with van der Waals surface area (Å²) in [6.45, 7) is 12.7. The lowest BCUT2D eigenvalue weighted by molar-refractivity contribution is 0.00578. The van der Waals surface area contributed by atoms with Crippen LogP contribution in [0.2, 0.25) is 0 Å². The summed E-state index contributed by atoms with van der Waals surface area (Å²) in [5.74, 6) is -0.214. The van der Waals surface area contributed by atoms with Crippen LogP contribution >= 0.6 is 0 Å². The molecule has 0 aliphatic carbocycles. The molecule has 0 spiro atoms. The monoisotopic (exact) mass is 480 g/mol. The van der Waals surface area contributed by atoms with Gasteiger partial charge in [0.1, 0.15) is 0 Å². The third-order valence-corrected chi connectivity index (χ3v) is 8.30. The molecule has 1 aromatic carbocycles. The molecule has 1 unspecified atom stereocenters. The van der Waals surface area contributed by atoms with E-state index in [9.17, 15) is 9.90 Å². The van der Waals surface area contributed by atoms with Gasteiger partial charge in [-0.25, -0.2) is 0 Å². The molecule has 1 aromatic heterocycles. The summed E-state index contributed by atoms with van der Waals surface area (Å²) in [6, 6.07) is 8.00. The zero-order valence-electron chi connectivity index (χ0n) is 21.5. The first kappa shape index (κ1) is 24.5. The fourth-order valence-electron chi connectivity index (χ4n) is 5.34. The number of nitrogens with zero attached hydrogens (tertiary/aromatic N) is 3. The van der Waals surface area contributed by atoms with Crippen molar-refractivity contribution < 1.29 is 19.2 Å². The van der Waals surface area contributed by atoms with Gasteiger partial charge >= 0.3 is 7.12 Å². The molecule has 1 atom stereocenters. The van der Waals surface area contributed by atoms with Crippen LogP contribution in [0.3, 0.4) is 0 Å². The predicted octanol–water partition coefficient (Wildman–Crippen LogP) is 3.03. The molecule has 4 heterocycles. The number of fused-ring (bicyclic) bond motifs is 1. The van der Waals surface area contributed by atoms with E-state index in [1.807, 2.05) is 63.6 Å². The van der Waals surface area contributed by atoms with E-state index in [4.69, 9.17) is 9.31 Å². The van der Waals surface area contributed by atoms with Gasteiger partial charge in [-0.15, -0.1) is 0 Å². The number of aliphatic hydroxyl groups excluding tert-OH is 1. The van der Waals surface area contributed by atoms with Crippen molar-refractivity contribution in [3.05, 3.63) is 41.2 Å². The van der Waals surface area contributed by atoms with Gasteiger partial charge in [0, 0.05) is 25.3 Å². The number of hydrogen-bond acceptors (Lipinski definition) is 6. The largest absolute Gasteiger partial charge is 0.495 e. The van der Waals surface area contributed by atoms with Gasteiger partial charge in [0.15, 0.2) is 5.69 Å². The third kappa shape index (κ3) is 4.55. The number of amides is 1. The van der Waals surface area contributed by atoms with Crippen molar-refractivity contribution in [2.45, 2.75) is 90.2 Å². The van der Waals surface area contributed by atoms with Gasteiger partial charge in [-0.3, -0.25) is 14.4 Å². The number of aromatic nitrogens is 2. The predicted molar refractivity (Wildman–Crippen MR) is 136 cm³/mol. The first-order chi connectivity index (χ1) is 16.6. The lowest BCUT2D eigenvalue weighted by atomic mass is 9.76. The zero-order valence-corrected chi connectivity index (χ0v) is 21.5. The molecule has 1 amide bonds. The minimum Gasteiger partial charge on any atom is -0.399 e. The second-order valence-corrected chi connectivity index (χ2v) is 11.2. The highest BCUT2D eigenvalue weighted by Gasteiger charge is 2.52. The Kier molecular flexibility index (Phi) is 6.32. The minimum atomic E-state index is -0.486. The molecule has 2 aromatic rings. The first-order valence-corrected chi connectivity index (χ1v) is 12.8. The number of piperidine rings is 1. The molecule has 2 fully saturated rings. The summed E-state index contributed by atoms with van der Waals surface area (Å²) in [4.78, 5) is 15.7. The molecule has 2 saturated heterocycles. The van der Waals surface area contributed by atoms with E-state index in [0.29, 0.717) is 5.69 Å². The third-order valence-electron chi connectivity index (χ3n) is 8.30. The van der Waals surface area contributed by atoms with Crippen molar-refractivity contribution in [2.75, 3.05) is 18.4 Å². The summed E-state index contributed by atoms with van der Waals surface area (Å²) in [6.07, 6.45) is 3.50. The second kappa shape index (κ2) is 9.03. The van der Waals surface area contributed by atoms with E-state index in [1.54, 1.807) is 0 Å². The molecule has 188 valence electrons. The van der Waals surface area contributed by atoms with Crippen LogP contribution < -0.4 is 10.8 Å². The van der Waals surface area contributed by atoms with Crippen LogP contribution in [0.15, 0.2) is 24.3 Å². The average molecular weight is 480 g/mol. The molecule has 8 nitrogen and oxygen atoms in total. The molecule has 3 aliphatic rings. The quantitative estimate of drug-likeness (QED) is 0.655. The van der Waals surface area contributed by atoms with E-state index in [0.717, 1.165) is 67.7 Å². The van der Waals surface area contributed by atoms with E-state index < -0.39 is 18.3 Å². The number of likely N-dealkylation sites (tertiary alicyclic amines) is 1. The van der Waals surface area contributed by atoms with E-state index >= 15 is 0 Å². The molecule has 9 heteroatoms. The Labute approximate surface area is 208 Å². The molecular weight excluding hydrogens is 443 g/mol. The molecular formula is C26H37BN4O4. The molecule has 35 heavy (non-hydrogen) atoms. The molecule has 0 bridgehead atoms. The highest BCUT2D eigenvalue weighted by Crippen LogP contribution is 2.37. The topological polar surface area (TPSA) is 88.9 Å². The van der Waals surface area contributed by atoms with Crippen LogP contribution in [0, 0.1) is 6.92 Å². The maximum atomic E-state index is 13.3. The summed E-state index contributed by atoms with van der Waals surface area (Å²) < 4.78 is 14.5. The van der Waals surface area contributed by atoms with Gasteiger partial charge in [0.05, 0.1) is 29.0 Å². The maximum absolute atomic E-state index is 13.3. The van der Waals surface area contributed by atoms with Crippen LogP contribution in [0.4, 0.5) is 5.69 Å². The minimum absolute atomic E-state index is 0.197. The van der Waals surface area contributed by atoms with E-state index in [-0.39, 0.29) is 18.1 Å². The highest BCUT2D eigenvalue weighted by molar-refractivity contribution is 6.62. The number of aryl methyl sites for hydroxylation is 1. The lowest BCUT2D eigenvalue weighted by Crippen LogP contribution is -2.41. The van der Waals surface area contributed by atoms with E-state index in [2.05, 4.69) is 15.3 Å². The Morgan fingerprint density at radius 3 is 2.49 bits per heavy atom. The van der Waals surface area contributed by atoms with Crippen LogP contribution in [-0.2, 0) is 15.9 Å². The Hall–Kier alpha value is -2.20. The summed E-state index contributed by atoms with van der Waals surface area (Å²) in [7, 11) is -0.486. The van der Waals surface area contributed by atoms with Crippen LogP contribution in [0.25, 0.3) is 0 Å². The van der Waals surface area contributed by atoms with E-state index in [1.165, 1.54) is 0 Å².